The van der Waals surface area contributed by atoms with Crippen molar-refractivity contribution >= 4 is 11.8 Å². The van der Waals surface area contributed by atoms with Crippen LogP contribution in [0.2, 0.25) is 0 Å². The zero-order valence-electron chi connectivity index (χ0n) is 8.54. The highest BCUT2D eigenvalue weighted by Crippen LogP contribution is 2.22. The molecule has 2 fully saturated rings. The van der Waals surface area contributed by atoms with Crippen LogP contribution in [0.5, 0.6) is 0 Å². The summed E-state index contributed by atoms with van der Waals surface area (Å²) in [6, 6.07) is 0. The monoisotopic (exact) mass is 216 g/mol. The summed E-state index contributed by atoms with van der Waals surface area (Å²) < 4.78 is 0. The van der Waals surface area contributed by atoms with E-state index >= 15 is 0 Å². The first-order valence-electron chi connectivity index (χ1n) is 5.53. The van der Waals surface area contributed by atoms with Crippen LogP contribution in [0, 0.1) is 11.8 Å². The topological polar surface area (TPSA) is 44.3 Å². The van der Waals surface area contributed by atoms with Gasteiger partial charge in [-0.1, -0.05) is 0 Å². The second-order valence-electron chi connectivity index (χ2n) is 4.37. The average molecular weight is 216 g/mol. The van der Waals surface area contributed by atoms with Crippen LogP contribution in [0.3, 0.4) is 0 Å². The van der Waals surface area contributed by atoms with Crippen molar-refractivity contribution in [1.29, 1.82) is 0 Å². The molecule has 2 saturated heterocycles. The molecule has 0 spiro atoms. The first kappa shape index (κ1) is 10.7. The molecule has 3 N–H and O–H groups in total. The Kier molecular flexibility index (Phi) is 4.10. The zero-order valence-corrected chi connectivity index (χ0v) is 9.35. The molecule has 0 aromatic heterocycles. The Balaban J connectivity index is 1.57. The lowest BCUT2D eigenvalue weighted by Crippen LogP contribution is -2.33. The van der Waals surface area contributed by atoms with E-state index in [0.29, 0.717) is 5.92 Å². The van der Waals surface area contributed by atoms with Crippen molar-refractivity contribution < 1.29 is 5.11 Å². The van der Waals surface area contributed by atoms with Crippen LogP contribution in [-0.2, 0) is 0 Å². The fourth-order valence-electron chi connectivity index (χ4n) is 2.14. The largest absolute Gasteiger partial charge is 0.391 e. The molecule has 2 aliphatic rings. The van der Waals surface area contributed by atoms with Gasteiger partial charge >= 0.3 is 0 Å². The predicted octanol–water partition coefficient (Wildman–Crippen LogP) is -0.0906. The van der Waals surface area contributed by atoms with Crippen molar-refractivity contribution in [2.45, 2.75) is 12.5 Å². The van der Waals surface area contributed by atoms with Gasteiger partial charge < -0.3 is 15.7 Å². The summed E-state index contributed by atoms with van der Waals surface area (Å²) in [6.45, 7) is 3.84. The maximum Gasteiger partial charge on any atom is 0.0716 e. The second-order valence-corrected chi connectivity index (χ2v) is 5.52. The first-order valence-corrected chi connectivity index (χ1v) is 6.69. The number of hydrogen-bond donors (Lipinski definition) is 3. The molecule has 3 nitrogen and oxygen atoms in total. The van der Waals surface area contributed by atoms with Crippen LogP contribution in [0.15, 0.2) is 0 Å². The van der Waals surface area contributed by atoms with Gasteiger partial charge in [-0.15, -0.1) is 0 Å². The third kappa shape index (κ3) is 2.86. The van der Waals surface area contributed by atoms with Gasteiger partial charge in [0.05, 0.1) is 6.10 Å². The standard InChI is InChI=1S/C10H20N2OS/c13-10-6-12-5-9(10)4-11-3-8-1-2-14-7-8/h8-13H,1-7H2. The molecule has 4 heteroatoms. The van der Waals surface area contributed by atoms with E-state index < -0.39 is 0 Å². The molecular formula is C10H20N2OS. The van der Waals surface area contributed by atoms with Crippen molar-refractivity contribution in [3.05, 3.63) is 0 Å². The summed E-state index contributed by atoms with van der Waals surface area (Å²) in [7, 11) is 0. The lowest BCUT2D eigenvalue weighted by molar-refractivity contribution is 0.146. The Morgan fingerprint density at radius 1 is 1.36 bits per heavy atom. The molecule has 0 amide bonds. The molecular weight excluding hydrogens is 196 g/mol. The molecule has 0 aromatic carbocycles. The molecule has 2 rings (SSSR count). The van der Waals surface area contributed by atoms with E-state index in [2.05, 4.69) is 22.4 Å². The Morgan fingerprint density at radius 2 is 2.29 bits per heavy atom. The van der Waals surface area contributed by atoms with Gasteiger partial charge in [-0.25, -0.2) is 0 Å². The summed E-state index contributed by atoms with van der Waals surface area (Å²) >= 11 is 2.06. The number of thioether (sulfide) groups is 1. The Hall–Kier alpha value is 0.230. The molecule has 3 unspecified atom stereocenters. The maximum absolute atomic E-state index is 9.57. The third-order valence-corrected chi connectivity index (χ3v) is 4.40. The minimum absolute atomic E-state index is 0.138. The van der Waals surface area contributed by atoms with Gasteiger partial charge in [-0.2, -0.15) is 11.8 Å². The number of aliphatic hydroxyl groups excluding tert-OH is 1. The SMILES string of the molecule is OC1CNCC1CNCC1CCSC1. The van der Waals surface area contributed by atoms with Crippen LogP contribution in [0.4, 0.5) is 0 Å². The van der Waals surface area contributed by atoms with Crippen molar-refractivity contribution in [1.82, 2.24) is 10.6 Å². The first-order chi connectivity index (χ1) is 6.86. The van der Waals surface area contributed by atoms with Crippen molar-refractivity contribution in [3.8, 4) is 0 Å². The maximum atomic E-state index is 9.57. The van der Waals surface area contributed by atoms with E-state index in [1.165, 1.54) is 17.9 Å². The summed E-state index contributed by atoms with van der Waals surface area (Å²) in [4.78, 5) is 0. The van der Waals surface area contributed by atoms with Gasteiger partial charge in [0, 0.05) is 25.6 Å². The molecule has 0 saturated carbocycles. The van der Waals surface area contributed by atoms with Crippen LogP contribution in [-0.4, -0.2) is 48.9 Å². The molecule has 0 aromatic rings. The lowest BCUT2D eigenvalue weighted by Gasteiger charge is -2.16. The van der Waals surface area contributed by atoms with E-state index in [4.69, 9.17) is 0 Å². The molecule has 0 aliphatic carbocycles. The van der Waals surface area contributed by atoms with Gasteiger partial charge in [0.1, 0.15) is 0 Å². The van der Waals surface area contributed by atoms with E-state index in [9.17, 15) is 5.11 Å². The quantitative estimate of drug-likeness (QED) is 0.614. The van der Waals surface area contributed by atoms with Crippen LogP contribution < -0.4 is 10.6 Å². The average Bonchev–Trinajstić information content (AvgIpc) is 2.78. The third-order valence-electron chi connectivity index (χ3n) is 3.17. The highest BCUT2D eigenvalue weighted by Gasteiger charge is 2.24. The lowest BCUT2D eigenvalue weighted by atomic mass is 10.1. The van der Waals surface area contributed by atoms with E-state index in [-0.39, 0.29) is 6.10 Å². The van der Waals surface area contributed by atoms with Gasteiger partial charge in [-0.05, 0) is 30.4 Å². The minimum Gasteiger partial charge on any atom is -0.391 e. The van der Waals surface area contributed by atoms with E-state index in [1.807, 2.05) is 0 Å². The summed E-state index contributed by atoms with van der Waals surface area (Å²) in [5.41, 5.74) is 0. The highest BCUT2D eigenvalue weighted by molar-refractivity contribution is 7.99. The van der Waals surface area contributed by atoms with Crippen molar-refractivity contribution in [3.63, 3.8) is 0 Å². The smallest absolute Gasteiger partial charge is 0.0716 e. The Bertz CT molecular complexity index is 174. The van der Waals surface area contributed by atoms with Gasteiger partial charge in [0.15, 0.2) is 0 Å². The number of rotatable bonds is 4. The molecule has 14 heavy (non-hydrogen) atoms. The van der Waals surface area contributed by atoms with Gasteiger partial charge in [0.2, 0.25) is 0 Å². The van der Waals surface area contributed by atoms with Gasteiger partial charge in [-0.3, -0.25) is 0 Å². The van der Waals surface area contributed by atoms with E-state index in [0.717, 1.165) is 32.1 Å². The van der Waals surface area contributed by atoms with Crippen LogP contribution >= 0.6 is 11.8 Å². The number of aliphatic hydroxyl groups is 1. The Morgan fingerprint density at radius 3 is 2.93 bits per heavy atom. The molecule has 0 bridgehead atoms. The molecule has 0 radical (unpaired) electrons. The summed E-state index contributed by atoms with van der Waals surface area (Å²) in [5, 5.41) is 16.3. The molecule has 2 aliphatic heterocycles. The number of β-amino-alcohol motifs (C(OH)–C–C–N with tert-alkyl or cyclic N) is 1. The van der Waals surface area contributed by atoms with Crippen LogP contribution in [0.25, 0.3) is 0 Å². The highest BCUT2D eigenvalue weighted by atomic mass is 32.2. The molecule has 2 heterocycles. The number of nitrogens with one attached hydrogen (secondary N) is 2. The minimum atomic E-state index is -0.138. The number of hydrogen-bond acceptors (Lipinski definition) is 4. The Labute approximate surface area is 90.0 Å². The fourth-order valence-corrected chi connectivity index (χ4v) is 3.43. The van der Waals surface area contributed by atoms with Crippen LogP contribution in [0.1, 0.15) is 6.42 Å². The van der Waals surface area contributed by atoms with Crippen molar-refractivity contribution in [2.75, 3.05) is 37.7 Å². The fraction of sp³-hybridized carbons (Fsp3) is 1.00. The summed E-state index contributed by atoms with van der Waals surface area (Å²) in [6.07, 6.45) is 1.23. The van der Waals surface area contributed by atoms with E-state index in [1.54, 1.807) is 0 Å². The second kappa shape index (κ2) is 5.35. The predicted molar refractivity (Wildman–Crippen MR) is 60.7 cm³/mol. The van der Waals surface area contributed by atoms with Gasteiger partial charge in [0.25, 0.3) is 0 Å². The molecule has 82 valence electrons. The van der Waals surface area contributed by atoms with Crippen molar-refractivity contribution in [2.24, 2.45) is 11.8 Å². The molecule has 3 atom stereocenters. The zero-order chi connectivity index (χ0) is 9.80. The normalized spacial score (nSPS) is 37.9. The summed E-state index contributed by atoms with van der Waals surface area (Å²) in [5.74, 6) is 3.94.